The number of methoxy groups -OCH3 is 1. The molecule has 2 rings (SSSR count). The molecule has 2 aromatic heterocycles. The summed E-state index contributed by atoms with van der Waals surface area (Å²) in [5.41, 5.74) is -1.08. The molecule has 22 heavy (non-hydrogen) atoms. The monoisotopic (exact) mass is 317 g/mol. The highest BCUT2D eigenvalue weighted by Gasteiger charge is 2.33. The second-order valence-electron chi connectivity index (χ2n) is 3.93. The first-order valence-corrected chi connectivity index (χ1v) is 5.91. The van der Waals surface area contributed by atoms with E-state index in [-0.39, 0.29) is 18.8 Å². The zero-order chi connectivity index (χ0) is 16.2. The average molecular weight is 317 g/mol. The molecule has 0 N–H and O–H groups in total. The van der Waals surface area contributed by atoms with Crippen LogP contribution in [0.5, 0.6) is 6.01 Å². The Bertz CT molecular complexity index is 658. The summed E-state index contributed by atoms with van der Waals surface area (Å²) < 4.78 is 48.1. The van der Waals surface area contributed by atoms with Crippen LogP contribution >= 0.6 is 0 Å². The van der Waals surface area contributed by atoms with Gasteiger partial charge >= 0.3 is 18.2 Å². The van der Waals surface area contributed by atoms with Crippen molar-refractivity contribution >= 4 is 5.97 Å². The van der Waals surface area contributed by atoms with Gasteiger partial charge in [0.25, 0.3) is 0 Å². The summed E-state index contributed by atoms with van der Waals surface area (Å²) in [5.74, 6) is -0.645. The fourth-order valence-electron chi connectivity index (χ4n) is 1.40. The number of carbonyl (C=O) groups is 1. The molecule has 0 atom stereocenters. The molecule has 118 valence electrons. The minimum absolute atomic E-state index is 0.0119. The molecule has 0 aromatic carbocycles. The molecule has 8 nitrogen and oxygen atoms in total. The molecule has 0 amide bonds. The van der Waals surface area contributed by atoms with Gasteiger partial charge in [0.1, 0.15) is 6.61 Å². The van der Waals surface area contributed by atoms with E-state index in [9.17, 15) is 18.0 Å². The van der Waals surface area contributed by atoms with Gasteiger partial charge in [0.05, 0.1) is 19.9 Å². The fraction of sp³-hybridized carbons (Fsp3) is 0.364. The lowest BCUT2D eigenvalue weighted by Crippen LogP contribution is -2.13. The third-order valence-electron chi connectivity index (χ3n) is 2.41. The number of esters is 1. The Morgan fingerprint density at radius 3 is 2.86 bits per heavy atom. The molecular formula is C11H10F3N5O3. The van der Waals surface area contributed by atoms with Crippen LogP contribution in [-0.2, 0) is 17.5 Å². The molecule has 0 radical (unpaired) electrons. The first-order chi connectivity index (χ1) is 10.4. The van der Waals surface area contributed by atoms with Crippen LogP contribution in [0.15, 0.2) is 18.5 Å². The number of aromatic nitrogens is 5. The van der Waals surface area contributed by atoms with Crippen molar-refractivity contribution in [3.8, 4) is 6.01 Å². The predicted molar refractivity (Wildman–Crippen MR) is 63.9 cm³/mol. The molecule has 0 aliphatic carbocycles. The molecule has 11 heteroatoms. The van der Waals surface area contributed by atoms with Gasteiger partial charge in [-0.15, -0.1) is 5.10 Å². The van der Waals surface area contributed by atoms with Crippen molar-refractivity contribution < 1.29 is 27.4 Å². The quantitative estimate of drug-likeness (QED) is 0.758. The Kier molecular flexibility index (Phi) is 4.53. The van der Waals surface area contributed by atoms with Crippen LogP contribution in [0.4, 0.5) is 13.2 Å². The van der Waals surface area contributed by atoms with Gasteiger partial charge in [0.2, 0.25) is 0 Å². The third-order valence-corrected chi connectivity index (χ3v) is 2.41. The fourth-order valence-corrected chi connectivity index (χ4v) is 1.40. The summed E-state index contributed by atoms with van der Waals surface area (Å²) >= 11 is 0. The van der Waals surface area contributed by atoms with E-state index >= 15 is 0 Å². The van der Waals surface area contributed by atoms with Crippen LogP contribution in [0.1, 0.15) is 16.2 Å². The van der Waals surface area contributed by atoms with Crippen molar-refractivity contribution in [3.05, 3.63) is 29.8 Å². The van der Waals surface area contributed by atoms with E-state index in [1.807, 2.05) is 0 Å². The number of ether oxygens (including phenoxy) is 2. The van der Waals surface area contributed by atoms with Crippen LogP contribution in [0, 0.1) is 0 Å². The van der Waals surface area contributed by atoms with Gasteiger partial charge in [-0.1, -0.05) is 5.21 Å². The van der Waals surface area contributed by atoms with E-state index in [1.165, 1.54) is 18.0 Å². The highest BCUT2D eigenvalue weighted by Crippen LogP contribution is 2.27. The van der Waals surface area contributed by atoms with E-state index in [2.05, 4.69) is 25.0 Å². The molecule has 0 aliphatic heterocycles. The maximum atomic E-state index is 12.5. The topological polar surface area (TPSA) is 92.0 Å². The molecule has 0 aliphatic rings. The Hall–Kier alpha value is -2.72. The van der Waals surface area contributed by atoms with E-state index in [0.717, 1.165) is 12.3 Å². The second kappa shape index (κ2) is 6.37. The van der Waals surface area contributed by atoms with E-state index < -0.39 is 23.8 Å². The van der Waals surface area contributed by atoms with Crippen LogP contribution in [-0.4, -0.2) is 44.6 Å². The van der Waals surface area contributed by atoms with Gasteiger partial charge in [-0.05, 0) is 6.07 Å². The van der Waals surface area contributed by atoms with Gasteiger partial charge in [0, 0.05) is 6.20 Å². The van der Waals surface area contributed by atoms with Gasteiger partial charge in [-0.25, -0.2) is 14.5 Å². The molecule has 0 spiro atoms. The maximum Gasteiger partial charge on any atom is 0.433 e. The molecule has 0 bridgehead atoms. The number of carbonyl (C=O) groups excluding carboxylic acids is 1. The van der Waals surface area contributed by atoms with Crippen molar-refractivity contribution in [1.82, 2.24) is 25.0 Å². The number of hydrogen-bond donors (Lipinski definition) is 0. The average Bonchev–Trinajstić information content (AvgIpc) is 2.95. The lowest BCUT2D eigenvalue weighted by atomic mass is 10.4. The van der Waals surface area contributed by atoms with Gasteiger partial charge < -0.3 is 9.47 Å². The molecular weight excluding hydrogens is 307 g/mol. The van der Waals surface area contributed by atoms with E-state index in [4.69, 9.17) is 4.74 Å². The summed E-state index contributed by atoms with van der Waals surface area (Å²) in [6.07, 6.45) is -2.29. The standard InChI is InChI=1S/C11H10F3N5O3/c1-21-9(20)7-6-19(18-17-7)4-5-22-10-15-3-2-8(16-10)11(12,13)14/h2-3,6H,4-5H2,1H3. The number of nitrogens with zero attached hydrogens (tertiary/aromatic N) is 5. The van der Waals surface area contributed by atoms with Crippen molar-refractivity contribution in [2.24, 2.45) is 0 Å². The molecule has 0 unspecified atom stereocenters. The minimum atomic E-state index is -4.57. The normalized spacial score (nSPS) is 11.3. The predicted octanol–water partition coefficient (Wildman–Crippen LogP) is 0.952. The number of hydrogen-bond acceptors (Lipinski definition) is 7. The van der Waals surface area contributed by atoms with Gasteiger partial charge in [-0.2, -0.15) is 18.2 Å². The highest BCUT2D eigenvalue weighted by molar-refractivity contribution is 5.86. The highest BCUT2D eigenvalue weighted by atomic mass is 19.4. The molecule has 0 fully saturated rings. The van der Waals surface area contributed by atoms with Crippen LogP contribution in [0.2, 0.25) is 0 Å². The third kappa shape index (κ3) is 3.90. The van der Waals surface area contributed by atoms with Crippen LogP contribution in [0.3, 0.4) is 0 Å². The van der Waals surface area contributed by atoms with Crippen molar-refractivity contribution in [3.63, 3.8) is 0 Å². The smallest absolute Gasteiger partial charge is 0.433 e. The largest absolute Gasteiger partial charge is 0.464 e. The molecule has 0 saturated carbocycles. The number of rotatable bonds is 5. The number of alkyl halides is 3. The summed E-state index contributed by atoms with van der Waals surface area (Å²) in [4.78, 5) is 18.0. The van der Waals surface area contributed by atoms with Crippen LogP contribution < -0.4 is 4.74 Å². The minimum Gasteiger partial charge on any atom is -0.464 e. The second-order valence-corrected chi connectivity index (χ2v) is 3.93. The first kappa shape index (κ1) is 15.7. The zero-order valence-corrected chi connectivity index (χ0v) is 11.2. The summed E-state index contributed by atoms with van der Waals surface area (Å²) in [7, 11) is 1.20. The SMILES string of the molecule is COC(=O)c1cn(CCOc2nccc(C(F)(F)F)n2)nn1. The lowest BCUT2D eigenvalue weighted by Gasteiger charge is -2.07. The Labute approximate surface area is 121 Å². The molecule has 2 heterocycles. The Morgan fingerprint density at radius 2 is 2.18 bits per heavy atom. The maximum absolute atomic E-state index is 12.5. The molecule has 0 saturated heterocycles. The van der Waals surface area contributed by atoms with Crippen molar-refractivity contribution in [2.75, 3.05) is 13.7 Å². The summed E-state index contributed by atoms with van der Waals surface area (Å²) in [6.45, 7) is 0.0921. The first-order valence-electron chi connectivity index (χ1n) is 5.91. The Balaban J connectivity index is 1.91. The van der Waals surface area contributed by atoms with E-state index in [1.54, 1.807) is 0 Å². The zero-order valence-electron chi connectivity index (χ0n) is 11.2. The summed E-state index contributed by atoms with van der Waals surface area (Å²) in [6, 6.07) is 0.343. The summed E-state index contributed by atoms with van der Waals surface area (Å²) in [5, 5.41) is 7.20. The lowest BCUT2D eigenvalue weighted by molar-refractivity contribution is -0.141. The van der Waals surface area contributed by atoms with Gasteiger partial charge in [0.15, 0.2) is 11.4 Å². The molecule has 2 aromatic rings. The van der Waals surface area contributed by atoms with E-state index in [0.29, 0.717) is 0 Å². The van der Waals surface area contributed by atoms with Crippen LogP contribution in [0.25, 0.3) is 0 Å². The Morgan fingerprint density at radius 1 is 1.41 bits per heavy atom. The van der Waals surface area contributed by atoms with Crippen molar-refractivity contribution in [2.45, 2.75) is 12.7 Å². The van der Waals surface area contributed by atoms with Gasteiger partial charge in [-0.3, -0.25) is 0 Å². The number of halogens is 3. The van der Waals surface area contributed by atoms with Crippen molar-refractivity contribution in [1.29, 1.82) is 0 Å².